The predicted octanol–water partition coefficient (Wildman–Crippen LogP) is 9.40. The summed E-state index contributed by atoms with van der Waals surface area (Å²) in [6.07, 6.45) is 6.08. The van der Waals surface area contributed by atoms with Gasteiger partial charge in [0.2, 0.25) is 0 Å². The van der Waals surface area contributed by atoms with Crippen molar-refractivity contribution in [3.05, 3.63) is 144 Å². The van der Waals surface area contributed by atoms with E-state index in [1.165, 1.54) is 54.9 Å². The molecule has 0 radical (unpaired) electrons. The zero-order valence-electron chi connectivity index (χ0n) is 34.6. The smallest absolute Gasteiger partial charge is 0.324 e. The molecule has 0 aliphatic rings. The predicted molar refractivity (Wildman–Crippen MR) is 231 cm³/mol. The second kappa shape index (κ2) is 19.5. The number of halogens is 1. The van der Waals surface area contributed by atoms with Crippen LogP contribution in [0.25, 0.3) is 0 Å². The molecule has 6 rings (SSSR count). The Bertz CT molecular complexity index is 2700. The molecule has 314 valence electrons. The number of hydrogen-bond donors (Lipinski definition) is 5. The van der Waals surface area contributed by atoms with Gasteiger partial charge in [0.05, 0.1) is 11.3 Å². The molecule has 2 aromatic carbocycles. The average molecular weight is 836 g/mol. The van der Waals surface area contributed by atoms with Gasteiger partial charge in [0, 0.05) is 48.7 Å². The molecular weight excluding hydrogens is 794 g/mol. The lowest BCUT2D eigenvalue weighted by Crippen LogP contribution is -2.23. The van der Waals surface area contributed by atoms with Crippen LogP contribution in [0.5, 0.6) is 23.0 Å². The molecule has 4 heterocycles. The SMILES string of the molecule is CC(C)(C)c1ccnc(NC(=O)Nc2ccc(Oc3ccnc(C#N)c3)c(F)c2)c1.CC(C)(C)c1ccnc(NC(=O)Nc2ccc(Oc3ccnc(C#N)c3)cc2C(N)=O)c1. The minimum atomic E-state index is -0.744. The number of nitrogens with zero attached hydrogens (tertiary/aromatic N) is 6. The van der Waals surface area contributed by atoms with E-state index in [1.54, 1.807) is 36.7 Å². The van der Waals surface area contributed by atoms with E-state index in [4.69, 9.17) is 25.7 Å². The number of nitrogens with two attached hydrogens (primary N) is 1. The third-order valence-electron chi connectivity index (χ3n) is 8.58. The summed E-state index contributed by atoms with van der Waals surface area (Å²) >= 11 is 0. The Morgan fingerprint density at radius 2 is 1.10 bits per heavy atom. The van der Waals surface area contributed by atoms with E-state index in [0.717, 1.165) is 17.2 Å². The summed E-state index contributed by atoms with van der Waals surface area (Å²) in [5.41, 5.74) is 8.20. The van der Waals surface area contributed by atoms with Crippen molar-refractivity contribution in [2.75, 3.05) is 21.3 Å². The number of rotatable bonds is 9. The van der Waals surface area contributed by atoms with Crippen molar-refractivity contribution in [3.63, 3.8) is 0 Å². The Labute approximate surface area is 357 Å². The number of benzene rings is 2. The van der Waals surface area contributed by atoms with E-state index in [9.17, 15) is 18.8 Å². The van der Waals surface area contributed by atoms with Crippen LogP contribution < -0.4 is 36.5 Å². The highest BCUT2D eigenvalue weighted by Gasteiger charge is 2.18. The molecular formula is C45H42FN11O5. The fraction of sp³-hybridized carbons (Fsp3) is 0.178. The summed E-state index contributed by atoms with van der Waals surface area (Å²) in [6, 6.07) is 24.5. The van der Waals surface area contributed by atoms with E-state index in [-0.39, 0.29) is 50.7 Å². The number of urea groups is 2. The first kappa shape index (κ1) is 44.7. The maximum atomic E-state index is 14.4. The molecule has 0 saturated heterocycles. The van der Waals surface area contributed by atoms with Crippen LogP contribution >= 0.6 is 0 Å². The van der Waals surface area contributed by atoms with Crippen LogP contribution in [0.1, 0.15) is 74.4 Å². The molecule has 17 heteroatoms. The van der Waals surface area contributed by atoms with Crippen molar-refractivity contribution in [2.45, 2.75) is 52.4 Å². The fourth-order valence-corrected chi connectivity index (χ4v) is 5.38. The van der Waals surface area contributed by atoms with Crippen LogP contribution in [0.2, 0.25) is 0 Å². The topological polar surface area (TPSA) is 243 Å². The summed E-state index contributed by atoms with van der Waals surface area (Å²) in [5, 5.41) is 28.3. The van der Waals surface area contributed by atoms with Gasteiger partial charge in [0.15, 0.2) is 11.6 Å². The molecule has 6 N–H and O–H groups in total. The largest absolute Gasteiger partial charge is 0.457 e. The van der Waals surface area contributed by atoms with E-state index >= 15 is 0 Å². The molecule has 0 bridgehead atoms. The van der Waals surface area contributed by atoms with E-state index < -0.39 is 23.8 Å². The number of aromatic nitrogens is 4. The first-order valence-corrected chi connectivity index (χ1v) is 18.8. The van der Waals surface area contributed by atoms with E-state index in [2.05, 4.69) is 82.7 Å². The highest BCUT2D eigenvalue weighted by molar-refractivity contribution is 6.06. The number of carbonyl (C=O) groups is 3. The maximum absolute atomic E-state index is 14.4. The van der Waals surface area contributed by atoms with Gasteiger partial charge in [-0.15, -0.1) is 0 Å². The maximum Gasteiger partial charge on any atom is 0.324 e. The Hall–Kier alpha value is -8.44. The molecule has 0 aliphatic heterocycles. The quantitative estimate of drug-likeness (QED) is 0.0918. The first-order chi connectivity index (χ1) is 29.4. The monoisotopic (exact) mass is 835 g/mol. The van der Waals surface area contributed by atoms with Crippen LogP contribution in [-0.2, 0) is 10.8 Å². The lowest BCUT2D eigenvalue weighted by Gasteiger charge is -2.19. The summed E-state index contributed by atoms with van der Waals surface area (Å²) in [6.45, 7) is 12.4. The van der Waals surface area contributed by atoms with Gasteiger partial charge in [-0.1, -0.05) is 41.5 Å². The number of anilines is 4. The molecule has 6 aromatic rings. The molecule has 62 heavy (non-hydrogen) atoms. The number of nitriles is 2. The summed E-state index contributed by atoms with van der Waals surface area (Å²) in [7, 11) is 0. The molecule has 16 nitrogen and oxygen atoms in total. The van der Waals surface area contributed by atoms with Crippen molar-refractivity contribution < 1.29 is 28.2 Å². The van der Waals surface area contributed by atoms with Crippen LogP contribution in [0.4, 0.5) is 37.0 Å². The van der Waals surface area contributed by atoms with Gasteiger partial charge in [-0.3, -0.25) is 15.4 Å². The van der Waals surface area contributed by atoms with Crippen LogP contribution in [-0.4, -0.2) is 37.9 Å². The third kappa shape index (κ3) is 12.8. The third-order valence-corrected chi connectivity index (χ3v) is 8.58. The fourth-order valence-electron chi connectivity index (χ4n) is 5.38. The van der Waals surface area contributed by atoms with Crippen molar-refractivity contribution >= 4 is 41.0 Å². The molecule has 0 atom stereocenters. The molecule has 0 spiro atoms. The zero-order chi connectivity index (χ0) is 45.0. The summed E-state index contributed by atoms with van der Waals surface area (Å²) < 4.78 is 25.5. The lowest BCUT2D eigenvalue weighted by molar-refractivity contribution is 0.100. The summed E-state index contributed by atoms with van der Waals surface area (Å²) in [4.78, 5) is 52.7. The number of amides is 5. The van der Waals surface area contributed by atoms with E-state index in [0.29, 0.717) is 23.1 Å². The number of hydrogen-bond acceptors (Lipinski definition) is 11. The van der Waals surface area contributed by atoms with Gasteiger partial charge in [-0.25, -0.2) is 33.9 Å². The van der Waals surface area contributed by atoms with Crippen molar-refractivity contribution in [1.29, 1.82) is 10.5 Å². The first-order valence-electron chi connectivity index (χ1n) is 18.8. The Morgan fingerprint density at radius 3 is 1.60 bits per heavy atom. The average Bonchev–Trinajstić information content (AvgIpc) is 3.22. The summed E-state index contributed by atoms with van der Waals surface area (Å²) in [5.74, 6) is 0.267. The van der Waals surface area contributed by atoms with Crippen LogP contribution in [0.3, 0.4) is 0 Å². The van der Waals surface area contributed by atoms with Gasteiger partial charge in [-0.2, -0.15) is 10.5 Å². The Balaban J connectivity index is 0.000000235. The minimum Gasteiger partial charge on any atom is -0.457 e. The highest BCUT2D eigenvalue weighted by atomic mass is 19.1. The lowest BCUT2D eigenvalue weighted by atomic mass is 9.88. The molecule has 5 amide bonds. The number of carbonyl (C=O) groups excluding carboxylic acids is 3. The number of ether oxygens (including phenoxy) is 2. The Morgan fingerprint density at radius 1 is 0.597 bits per heavy atom. The molecule has 4 aromatic heterocycles. The molecule has 0 unspecified atom stereocenters. The van der Waals surface area contributed by atoms with Gasteiger partial charge in [0.25, 0.3) is 5.91 Å². The molecule has 0 saturated carbocycles. The standard InChI is InChI=1S/C23H22N6O3.C22H20FN5O2/c1-23(2,3)14-6-8-27-20(10-14)29-22(31)28-19-5-4-16(12-18(19)21(25)30)32-17-7-9-26-15(11-17)13-24;1-22(2,3)14-6-8-26-20(10-14)28-21(29)27-15-4-5-19(18(23)12-15)30-17-7-9-25-16(11-17)13-24/h4-12H,1-3H3,(H2,25,30)(H2,27,28,29,31);4-12H,1-3H3,(H2,26,27,28,29). The van der Waals surface area contributed by atoms with Gasteiger partial charge < -0.3 is 25.8 Å². The number of nitrogens with one attached hydrogen (secondary N) is 4. The normalized spacial score (nSPS) is 10.7. The Kier molecular flexibility index (Phi) is 14.1. The minimum absolute atomic E-state index is 0.0457. The second-order valence-electron chi connectivity index (χ2n) is 15.4. The molecule has 0 fully saturated rings. The zero-order valence-corrected chi connectivity index (χ0v) is 34.6. The van der Waals surface area contributed by atoms with Crippen molar-refractivity contribution in [1.82, 2.24) is 19.9 Å². The van der Waals surface area contributed by atoms with E-state index in [1.807, 2.05) is 24.3 Å². The van der Waals surface area contributed by atoms with Crippen LogP contribution in [0.15, 0.2) is 110 Å². The highest BCUT2D eigenvalue weighted by Crippen LogP contribution is 2.29. The second-order valence-corrected chi connectivity index (χ2v) is 15.4. The number of pyridine rings is 4. The van der Waals surface area contributed by atoms with Crippen LogP contribution in [0, 0.1) is 28.5 Å². The van der Waals surface area contributed by atoms with Gasteiger partial charge in [-0.05, 0) is 88.7 Å². The van der Waals surface area contributed by atoms with Crippen molar-refractivity contribution in [3.8, 4) is 35.1 Å². The van der Waals surface area contributed by atoms with Gasteiger partial charge >= 0.3 is 12.1 Å². The number of primary amides is 1. The van der Waals surface area contributed by atoms with Gasteiger partial charge in [0.1, 0.15) is 52.4 Å². The molecule has 0 aliphatic carbocycles. The van der Waals surface area contributed by atoms with Crippen molar-refractivity contribution in [2.24, 2.45) is 5.73 Å².